The van der Waals surface area contributed by atoms with Gasteiger partial charge >= 0.3 is 0 Å². The van der Waals surface area contributed by atoms with Crippen LogP contribution >= 0.6 is 0 Å². The number of aryl methyl sites for hydroxylation is 4. The van der Waals surface area contributed by atoms with E-state index in [9.17, 15) is 0 Å². The molecular weight excluding hydrogens is 436 g/mol. The van der Waals surface area contributed by atoms with Gasteiger partial charge in [-0.1, -0.05) is 85.3 Å². The number of hydrogen-bond donors (Lipinski definition) is 0. The molecule has 194 valence electrons. The molecule has 0 amide bonds. The molecule has 0 fully saturated rings. The van der Waals surface area contributed by atoms with E-state index in [1.54, 1.807) is 0 Å². The molecule has 0 heterocycles. The molecule has 0 spiro atoms. The lowest BCUT2D eigenvalue weighted by atomic mass is 10.0. The molecular formula is C34H48N2. The van der Waals surface area contributed by atoms with Crippen LogP contribution < -0.4 is 0 Å². The molecule has 2 aromatic rings. The maximum atomic E-state index is 5.16. The van der Waals surface area contributed by atoms with Gasteiger partial charge in [-0.15, -0.1) is 0 Å². The van der Waals surface area contributed by atoms with Gasteiger partial charge in [-0.05, 0) is 97.4 Å². The summed E-state index contributed by atoms with van der Waals surface area (Å²) >= 11 is 0. The Hall–Kier alpha value is -2.66. The number of unbranched alkanes of at least 4 members (excludes halogenated alkanes) is 5. The van der Waals surface area contributed by atoms with Crippen molar-refractivity contribution in [2.24, 2.45) is 9.98 Å². The topological polar surface area (TPSA) is 24.7 Å². The molecule has 0 bridgehead atoms. The van der Waals surface area contributed by atoms with Gasteiger partial charge in [0.25, 0.3) is 0 Å². The van der Waals surface area contributed by atoms with Gasteiger partial charge in [-0.2, -0.15) is 0 Å². The Morgan fingerprint density at radius 3 is 1.69 bits per heavy atom. The summed E-state index contributed by atoms with van der Waals surface area (Å²) in [4.78, 5) is 10.3. The first-order valence-electron chi connectivity index (χ1n) is 14.5. The molecule has 2 rings (SSSR count). The Kier molecular flexibility index (Phi) is 13.9. The first-order chi connectivity index (χ1) is 17.6. The third-order valence-corrected chi connectivity index (χ3v) is 6.81. The molecule has 0 atom stereocenters. The zero-order chi connectivity index (χ0) is 26.2. The van der Waals surface area contributed by atoms with E-state index in [1.807, 2.05) is 0 Å². The fraction of sp³-hybridized carbons (Fsp3) is 0.529. The second kappa shape index (κ2) is 16.9. The van der Waals surface area contributed by atoms with Crippen molar-refractivity contribution in [1.82, 2.24) is 0 Å². The van der Waals surface area contributed by atoms with E-state index < -0.39 is 0 Å². The van der Waals surface area contributed by atoms with Gasteiger partial charge in [0.2, 0.25) is 0 Å². The number of hydrogen-bond acceptors (Lipinski definition) is 2. The summed E-state index contributed by atoms with van der Waals surface area (Å²) in [5, 5.41) is 0. The lowest BCUT2D eigenvalue weighted by molar-refractivity contribution is 0.680. The van der Waals surface area contributed by atoms with E-state index in [2.05, 4.69) is 89.8 Å². The van der Waals surface area contributed by atoms with Crippen LogP contribution in [0.25, 0.3) is 0 Å². The van der Waals surface area contributed by atoms with Crippen molar-refractivity contribution in [3.8, 4) is 11.8 Å². The summed E-state index contributed by atoms with van der Waals surface area (Å²) in [6.45, 7) is 13.4. The van der Waals surface area contributed by atoms with Gasteiger partial charge in [-0.3, -0.25) is 4.99 Å². The van der Waals surface area contributed by atoms with E-state index in [4.69, 9.17) is 9.98 Å². The Labute approximate surface area is 221 Å². The maximum Gasteiger partial charge on any atom is 0.135 e. The minimum atomic E-state index is 0.836. The second-order valence-electron chi connectivity index (χ2n) is 9.56. The van der Waals surface area contributed by atoms with Crippen LogP contribution in [0.1, 0.15) is 115 Å². The van der Waals surface area contributed by atoms with Crippen molar-refractivity contribution in [3.63, 3.8) is 0 Å². The van der Waals surface area contributed by atoms with Gasteiger partial charge in [0, 0.05) is 6.42 Å². The maximum absolute atomic E-state index is 5.16. The lowest BCUT2D eigenvalue weighted by Gasteiger charge is -2.10. The summed E-state index contributed by atoms with van der Waals surface area (Å²) in [5.74, 6) is 6.90. The average molecular weight is 485 g/mol. The number of rotatable bonds is 14. The molecule has 2 heteroatoms. The minimum absolute atomic E-state index is 0.836. The average Bonchev–Trinajstić information content (AvgIpc) is 2.91. The van der Waals surface area contributed by atoms with Crippen molar-refractivity contribution in [3.05, 3.63) is 58.7 Å². The Balaban J connectivity index is 2.54. The molecule has 36 heavy (non-hydrogen) atoms. The fourth-order valence-corrected chi connectivity index (χ4v) is 4.52. The third-order valence-electron chi connectivity index (χ3n) is 6.81. The summed E-state index contributed by atoms with van der Waals surface area (Å²) in [6.07, 6.45) is 13.1. The normalized spacial score (nSPS) is 11.9. The monoisotopic (exact) mass is 484 g/mol. The first kappa shape index (κ1) is 29.6. The molecule has 0 N–H and O–H groups in total. The van der Waals surface area contributed by atoms with E-state index >= 15 is 0 Å². The Bertz CT molecular complexity index is 1060. The quantitative estimate of drug-likeness (QED) is 0.145. The molecule has 2 aromatic carbocycles. The first-order valence-corrected chi connectivity index (χ1v) is 14.5. The molecule has 0 radical (unpaired) electrons. The highest BCUT2D eigenvalue weighted by Gasteiger charge is 2.10. The molecule has 0 saturated heterocycles. The van der Waals surface area contributed by atoms with E-state index in [-0.39, 0.29) is 0 Å². The van der Waals surface area contributed by atoms with Crippen LogP contribution in [0.5, 0.6) is 0 Å². The lowest BCUT2D eigenvalue weighted by Crippen LogP contribution is -2.12. The van der Waals surface area contributed by atoms with Crippen LogP contribution in [0.2, 0.25) is 0 Å². The predicted molar refractivity (Wildman–Crippen MR) is 161 cm³/mol. The molecule has 0 aromatic heterocycles. The van der Waals surface area contributed by atoms with Gasteiger partial charge in [0.05, 0.1) is 17.1 Å². The van der Waals surface area contributed by atoms with Crippen molar-refractivity contribution in [2.75, 3.05) is 0 Å². The van der Waals surface area contributed by atoms with Gasteiger partial charge in [0.15, 0.2) is 0 Å². The highest BCUT2D eigenvalue weighted by atomic mass is 14.8. The molecule has 0 saturated carbocycles. The standard InChI is InChI=1S/C34H48N2/c1-7-13-15-16-17-18-20-34(36-32-24-22-28(10-4)30(12-6)26-32)33(19-14-8-2)35-31-23-21-27(9-3)29(11-5)25-31/h21-26H,7-17,19H2,1-6H3/b35-33+,36-34+. The Morgan fingerprint density at radius 1 is 0.611 bits per heavy atom. The van der Waals surface area contributed by atoms with Gasteiger partial charge in [0.1, 0.15) is 5.71 Å². The molecule has 0 unspecified atom stereocenters. The summed E-state index contributed by atoms with van der Waals surface area (Å²) in [7, 11) is 0. The van der Waals surface area contributed by atoms with Crippen molar-refractivity contribution >= 4 is 22.8 Å². The van der Waals surface area contributed by atoms with Gasteiger partial charge < -0.3 is 0 Å². The summed E-state index contributed by atoms with van der Waals surface area (Å²) in [5.41, 5.74) is 9.43. The SMILES string of the molecule is CCCCCCC#CC(=N\c1ccc(CC)c(CC)c1)/C(CCCC)=N/c1ccc(CC)c(CC)c1. The second-order valence-corrected chi connectivity index (χ2v) is 9.56. The van der Waals surface area contributed by atoms with Crippen LogP contribution in [0.3, 0.4) is 0 Å². The zero-order valence-electron chi connectivity index (χ0n) is 23.8. The van der Waals surface area contributed by atoms with Gasteiger partial charge in [-0.25, -0.2) is 4.99 Å². The molecule has 0 aliphatic carbocycles. The van der Waals surface area contributed by atoms with Crippen molar-refractivity contribution < 1.29 is 0 Å². The fourth-order valence-electron chi connectivity index (χ4n) is 4.52. The zero-order valence-corrected chi connectivity index (χ0v) is 23.8. The predicted octanol–water partition coefficient (Wildman–Crippen LogP) is 9.95. The highest BCUT2D eigenvalue weighted by molar-refractivity contribution is 6.49. The third kappa shape index (κ3) is 9.42. The largest absolute Gasteiger partial charge is 0.251 e. The highest BCUT2D eigenvalue weighted by Crippen LogP contribution is 2.23. The van der Waals surface area contributed by atoms with Crippen molar-refractivity contribution in [1.29, 1.82) is 0 Å². The van der Waals surface area contributed by atoms with E-state index in [0.29, 0.717) is 0 Å². The molecule has 0 aliphatic heterocycles. The van der Waals surface area contributed by atoms with Crippen molar-refractivity contribution in [2.45, 2.75) is 119 Å². The minimum Gasteiger partial charge on any atom is -0.251 e. The number of nitrogens with zero attached hydrogens (tertiary/aromatic N) is 2. The van der Waals surface area contributed by atoms with Crippen LogP contribution in [-0.2, 0) is 25.7 Å². The smallest absolute Gasteiger partial charge is 0.135 e. The molecule has 2 nitrogen and oxygen atoms in total. The van der Waals surface area contributed by atoms with Crippen LogP contribution in [-0.4, -0.2) is 11.4 Å². The Morgan fingerprint density at radius 2 is 1.17 bits per heavy atom. The van der Waals surface area contributed by atoms with E-state index in [0.717, 1.165) is 80.6 Å². The van der Waals surface area contributed by atoms with E-state index in [1.165, 1.54) is 41.5 Å². The number of benzene rings is 2. The summed E-state index contributed by atoms with van der Waals surface area (Å²) in [6, 6.07) is 13.3. The number of aliphatic imine (C=N–C) groups is 2. The van der Waals surface area contributed by atoms with Crippen LogP contribution in [0.15, 0.2) is 46.4 Å². The van der Waals surface area contributed by atoms with Crippen LogP contribution in [0, 0.1) is 11.8 Å². The summed E-state index contributed by atoms with van der Waals surface area (Å²) < 4.78 is 0. The van der Waals surface area contributed by atoms with Crippen LogP contribution in [0.4, 0.5) is 11.4 Å². The molecule has 0 aliphatic rings.